The second-order valence-corrected chi connectivity index (χ2v) is 6.26. The van der Waals surface area contributed by atoms with Crippen LogP contribution in [0.25, 0.3) is 0 Å². The van der Waals surface area contributed by atoms with Crippen LogP contribution in [0.1, 0.15) is 27.2 Å². The predicted molar refractivity (Wildman–Crippen MR) is 81.9 cm³/mol. The molecule has 1 N–H and O–H groups in total. The van der Waals surface area contributed by atoms with Crippen LogP contribution in [0.3, 0.4) is 0 Å². The van der Waals surface area contributed by atoms with Gasteiger partial charge in [0.1, 0.15) is 0 Å². The number of carbonyl (C=O) groups is 1. The Kier molecular flexibility index (Phi) is 5.00. The maximum atomic E-state index is 12.3. The molecule has 2 heterocycles. The number of likely N-dealkylation sites (tertiary alicyclic amines) is 1. The van der Waals surface area contributed by atoms with Crippen molar-refractivity contribution in [3.8, 4) is 0 Å². The highest BCUT2D eigenvalue weighted by molar-refractivity contribution is 6.32. The van der Waals surface area contributed by atoms with Gasteiger partial charge in [0.25, 0.3) is 0 Å². The molecule has 110 valence electrons. The Bertz CT molecular complexity index is 470. The van der Waals surface area contributed by atoms with Gasteiger partial charge in [0.15, 0.2) is 5.15 Å². The van der Waals surface area contributed by atoms with E-state index >= 15 is 0 Å². The first-order valence-electron chi connectivity index (χ1n) is 7.12. The molecule has 0 radical (unpaired) electrons. The van der Waals surface area contributed by atoms with Gasteiger partial charge in [-0.1, -0.05) is 25.4 Å². The summed E-state index contributed by atoms with van der Waals surface area (Å²) in [4.78, 5) is 18.6. The molecule has 20 heavy (non-hydrogen) atoms. The first-order valence-corrected chi connectivity index (χ1v) is 7.50. The fourth-order valence-electron chi connectivity index (χ4n) is 2.91. The van der Waals surface area contributed by atoms with E-state index in [0.29, 0.717) is 22.7 Å². The number of piperidine rings is 1. The Morgan fingerprint density at radius 2 is 2.10 bits per heavy atom. The van der Waals surface area contributed by atoms with Crippen LogP contribution >= 0.6 is 11.6 Å². The monoisotopic (exact) mass is 295 g/mol. The van der Waals surface area contributed by atoms with Crippen LogP contribution in [-0.4, -0.2) is 34.9 Å². The topological polar surface area (TPSA) is 45.2 Å². The van der Waals surface area contributed by atoms with E-state index in [2.05, 4.69) is 29.0 Å². The summed E-state index contributed by atoms with van der Waals surface area (Å²) in [5.41, 5.74) is 0.573. The molecule has 1 aliphatic heterocycles. The summed E-state index contributed by atoms with van der Waals surface area (Å²) in [6, 6.07) is 3.37. The number of pyridine rings is 1. The lowest BCUT2D eigenvalue weighted by Crippen LogP contribution is -2.48. The molecule has 0 bridgehead atoms. The fraction of sp³-hybridized carbons (Fsp3) is 0.600. The maximum absolute atomic E-state index is 12.3. The lowest BCUT2D eigenvalue weighted by atomic mass is 9.91. The van der Waals surface area contributed by atoms with E-state index < -0.39 is 0 Å². The molecule has 1 aromatic heterocycles. The average molecular weight is 296 g/mol. The van der Waals surface area contributed by atoms with Gasteiger partial charge < -0.3 is 5.32 Å². The summed E-state index contributed by atoms with van der Waals surface area (Å²) >= 11 is 5.97. The molecule has 0 unspecified atom stereocenters. The molecule has 1 aromatic rings. The van der Waals surface area contributed by atoms with Crippen molar-refractivity contribution in [2.24, 2.45) is 11.8 Å². The van der Waals surface area contributed by atoms with Crippen LogP contribution in [0.4, 0.5) is 5.69 Å². The number of carbonyl (C=O) groups excluding carboxylic acids is 1. The van der Waals surface area contributed by atoms with Crippen molar-refractivity contribution in [3.63, 3.8) is 0 Å². The lowest BCUT2D eigenvalue weighted by Gasteiger charge is -2.38. The number of hydrogen-bond donors (Lipinski definition) is 1. The quantitative estimate of drug-likeness (QED) is 0.872. The number of aromatic nitrogens is 1. The Morgan fingerprint density at radius 1 is 1.45 bits per heavy atom. The molecule has 1 aliphatic rings. The van der Waals surface area contributed by atoms with E-state index in [0.717, 1.165) is 13.1 Å². The third-order valence-electron chi connectivity index (χ3n) is 3.84. The minimum absolute atomic E-state index is 0.0267. The number of amides is 1. The number of nitrogens with one attached hydrogen (secondary N) is 1. The summed E-state index contributed by atoms with van der Waals surface area (Å²) in [5.74, 6) is 1.24. The van der Waals surface area contributed by atoms with Crippen molar-refractivity contribution < 1.29 is 4.79 Å². The first kappa shape index (κ1) is 15.3. The Labute approximate surface area is 125 Å². The summed E-state index contributed by atoms with van der Waals surface area (Å²) < 4.78 is 0. The largest absolute Gasteiger partial charge is 0.322 e. The Hall–Kier alpha value is -1.13. The van der Waals surface area contributed by atoms with Crippen LogP contribution < -0.4 is 5.32 Å². The smallest absolute Gasteiger partial charge is 0.241 e. The van der Waals surface area contributed by atoms with E-state index in [-0.39, 0.29) is 11.9 Å². The maximum Gasteiger partial charge on any atom is 0.241 e. The van der Waals surface area contributed by atoms with Crippen molar-refractivity contribution in [2.75, 3.05) is 18.4 Å². The predicted octanol–water partition coefficient (Wildman–Crippen LogP) is 3.04. The number of rotatable bonds is 3. The molecule has 1 fully saturated rings. The molecule has 5 heteroatoms. The van der Waals surface area contributed by atoms with Crippen molar-refractivity contribution in [1.29, 1.82) is 0 Å². The highest BCUT2D eigenvalue weighted by Crippen LogP contribution is 2.23. The zero-order valence-electron chi connectivity index (χ0n) is 12.3. The fourth-order valence-corrected chi connectivity index (χ4v) is 3.08. The van der Waals surface area contributed by atoms with Crippen LogP contribution in [-0.2, 0) is 4.79 Å². The number of halogens is 1. The summed E-state index contributed by atoms with van der Waals surface area (Å²) in [7, 11) is 0. The molecular formula is C15H22ClN3O. The third-order valence-corrected chi connectivity index (χ3v) is 4.14. The van der Waals surface area contributed by atoms with Gasteiger partial charge >= 0.3 is 0 Å². The zero-order valence-corrected chi connectivity index (χ0v) is 13.0. The second kappa shape index (κ2) is 6.55. The first-order chi connectivity index (χ1) is 9.47. The molecule has 0 aliphatic carbocycles. The lowest BCUT2D eigenvalue weighted by molar-refractivity contribution is -0.121. The summed E-state index contributed by atoms with van der Waals surface area (Å²) in [5, 5.41) is 3.19. The highest BCUT2D eigenvalue weighted by Gasteiger charge is 2.28. The average Bonchev–Trinajstić information content (AvgIpc) is 2.39. The third kappa shape index (κ3) is 3.70. The van der Waals surface area contributed by atoms with E-state index in [1.54, 1.807) is 18.3 Å². The van der Waals surface area contributed by atoms with E-state index in [4.69, 9.17) is 11.6 Å². The van der Waals surface area contributed by atoms with Crippen LogP contribution in [0.15, 0.2) is 18.3 Å². The molecule has 0 saturated carbocycles. The van der Waals surface area contributed by atoms with Gasteiger partial charge in [-0.25, -0.2) is 4.98 Å². The minimum atomic E-state index is -0.156. The minimum Gasteiger partial charge on any atom is -0.322 e. The van der Waals surface area contributed by atoms with Gasteiger partial charge in [-0.15, -0.1) is 0 Å². The molecular weight excluding hydrogens is 274 g/mol. The van der Waals surface area contributed by atoms with E-state index in [9.17, 15) is 4.79 Å². The molecule has 1 amide bonds. The molecule has 4 nitrogen and oxygen atoms in total. The van der Waals surface area contributed by atoms with Crippen LogP contribution in [0.5, 0.6) is 0 Å². The highest BCUT2D eigenvalue weighted by atomic mass is 35.5. The van der Waals surface area contributed by atoms with E-state index in [1.165, 1.54) is 6.42 Å². The Morgan fingerprint density at radius 3 is 2.70 bits per heavy atom. The second-order valence-electron chi connectivity index (χ2n) is 5.91. The molecule has 0 spiro atoms. The van der Waals surface area contributed by atoms with Crippen LogP contribution in [0.2, 0.25) is 5.15 Å². The van der Waals surface area contributed by atoms with Gasteiger partial charge in [0.05, 0.1) is 11.7 Å². The van der Waals surface area contributed by atoms with Gasteiger partial charge in [-0.05, 0) is 37.3 Å². The van der Waals surface area contributed by atoms with Crippen LogP contribution in [0, 0.1) is 11.8 Å². The zero-order chi connectivity index (χ0) is 14.7. The van der Waals surface area contributed by atoms with Crippen molar-refractivity contribution in [1.82, 2.24) is 9.88 Å². The van der Waals surface area contributed by atoms with Gasteiger partial charge in [-0.2, -0.15) is 0 Å². The van der Waals surface area contributed by atoms with E-state index in [1.807, 2.05) is 6.92 Å². The number of hydrogen-bond acceptors (Lipinski definition) is 3. The normalized spacial score (nSPS) is 25.2. The SMILES string of the molecule is C[C@H]1C[C@H](C)CN([C@@H](C)C(=O)Nc2cccnc2Cl)C1. The van der Waals surface area contributed by atoms with Gasteiger partial charge in [0.2, 0.25) is 5.91 Å². The van der Waals surface area contributed by atoms with Crippen molar-refractivity contribution >= 4 is 23.2 Å². The standard InChI is InChI=1S/C15H22ClN3O/c1-10-7-11(2)9-19(8-10)12(3)15(20)18-13-5-4-6-17-14(13)16/h4-6,10-12H,7-9H2,1-3H3,(H,18,20)/t10-,11-,12-/m0/s1. The molecule has 1 saturated heterocycles. The van der Waals surface area contributed by atoms with Crippen molar-refractivity contribution in [3.05, 3.63) is 23.5 Å². The summed E-state index contributed by atoms with van der Waals surface area (Å²) in [6.07, 6.45) is 2.84. The summed E-state index contributed by atoms with van der Waals surface area (Å²) in [6.45, 7) is 8.38. The van der Waals surface area contributed by atoms with Crippen molar-refractivity contribution in [2.45, 2.75) is 33.2 Å². The Balaban J connectivity index is 2.00. The number of nitrogens with zero attached hydrogens (tertiary/aromatic N) is 2. The molecule has 0 aromatic carbocycles. The van der Waals surface area contributed by atoms with Gasteiger partial charge in [-0.3, -0.25) is 9.69 Å². The number of anilines is 1. The molecule has 2 rings (SSSR count). The van der Waals surface area contributed by atoms with Gasteiger partial charge in [0, 0.05) is 19.3 Å². The molecule has 3 atom stereocenters.